The number of nitrogens with one attached hydrogen (secondary N) is 2. The minimum atomic E-state index is 0.182. The van der Waals surface area contributed by atoms with Crippen molar-refractivity contribution in [1.29, 1.82) is 0 Å². The fourth-order valence-electron chi connectivity index (χ4n) is 0.816. The lowest BCUT2D eigenvalue weighted by Gasteiger charge is -1.98. The summed E-state index contributed by atoms with van der Waals surface area (Å²) in [6.45, 7) is 1.59. The molecule has 62 valence electrons. The summed E-state index contributed by atoms with van der Waals surface area (Å²) in [6.07, 6.45) is 1.88. The van der Waals surface area contributed by atoms with Crippen LogP contribution >= 0.6 is 15.9 Å². The molecule has 0 aliphatic rings. The van der Waals surface area contributed by atoms with Crippen LogP contribution < -0.4 is 5.32 Å². The zero-order valence-electron chi connectivity index (χ0n) is 6.10. The van der Waals surface area contributed by atoms with Gasteiger partial charge in [-0.25, -0.2) is 0 Å². The third-order valence-electron chi connectivity index (χ3n) is 1.31. The Labute approximate surface area is 73.9 Å². The quantitative estimate of drug-likeness (QED) is 0.657. The van der Waals surface area contributed by atoms with Gasteiger partial charge in [0.2, 0.25) is 0 Å². The predicted molar refractivity (Wildman–Crippen MR) is 47.3 cm³/mol. The Kier molecular flexibility index (Phi) is 3.62. The molecule has 1 aromatic rings. The van der Waals surface area contributed by atoms with Crippen LogP contribution in [0.15, 0.2) is 16.7 Å². The van der Waals surface area contributed by atoms with E-state index in [4.69, 9.17) is 5.11 Å². The fourth-order valence-corrected chi connectivity index (χ4v) is 1.21. The number of aromatic amines is 1. The second-order valence-corrected chi connectivity index (χ2v) is 3.16. The van der Waals surface area contributed by atoms with Crippen molar-refractivity contribution in [2.24, 2.45) is 0 Å². The summed E-state index contributed by atoms with van der Waals surface area (Å²) in [5.74, 6) is 0. The van der Waals surface area contributed by atoms with Crippen molar-refractivity contribution in [3.05, 3.63) is 22.4 Å². The highest BCUT2D eigenvalue weighted by Crippen LogP contribution is 2.09. The molecule has 0 aliphatic heterocycles. The van der Waals surface area contributed by atoms with Crippen molar-refractivity contribution in [3.63, 3.8) is 0 Å². The minimum Gasteiger partial charge on any atom is -0.395 e. The molecule has 3 N–H and O–H groups in total. The molecule has 0 aromatic carbocycles. The van der Waals surface area contributed by atoms with Gasteiger partial charge in [0.25, 0.3) is 0 Å². The predicted octanol–water partition coefficient (Wildman–Crippen LogP) is 0.859. The molecule has 0 radical (unpaired) electrons. The van der Waals surface area contributed by atoms with Crippen molar-refractivity contribution >= 4 is 15.9 Å². The van der Waals surface area contributed by atoms with Gasteiger partial charge in [-0.3, -0.25) is 0 Å². The van der Waals surface area contributed by atoms with Crippen molar-refractivity contribution in [2.75, 3.05) is 13.2 Å². The normalized spacial score (nSPS) is 10.4. The number of rotatable bonds is 4. The number of aliphatic hydroxyl groups excluding tert-OH is 1. The number of halogens is 1. The van der Waals surface area contributed by atoms with Crippen LogP contribution in [-0.4, -0.2) is 23.2 Å². The lowest BCUT2D eigenvalue weighted by Crippen LogP contribution is -2.17. The van der Waals surface area contributed by atoms with Gasteiger partial charge in [0.1, 0.15) is 0 Å². The first-order chi connectivity index (χ1) is 5.33. The van der Waals surface area contributed by atoms with Crippen molar-refractivity contribution in [3.8, 4) is 0 Å². The van der Waals surface area contributed by atoms with Gasteiger partial charge in [-0.1, -0.05) is 0 Å². The number of aromatic nitrogens is 1. The van der Waals surface area contributed by atoms with Gasteiger partial charge in [0, 0.05) is 29.5 Å². The molecule has 4 heteroatoms. The van der Waals surface area contributed by atoms with Crippen LogP contribution in [0.25, 0.3) is 0 Å². The van der Waals surface area contributed by atoms with Gasteiger partial charge in [-0.15, -0.1) is 0 Å². The Balaban J connectivity index is 2.27. The molecule has 0 spiro atoms. The lowest BCUT2D eigenvalue weighted by molar-refractivity contribution is 0.291. The molecule has 1 rings (SSSR count). The molecule has 0 aliphatic carbocycles. The van der Waals surface area contributed by atoms with E-state index in [-0.39, 0.29) is 6.61 Å². The standard InChI is InChI=1S/C7H11BrN2O/c8-6-3-7(10-4-6)5-9-1-2-11/h3-4,9-11H,1-2,5H2. The molecule has 0 fully saturated rings. The van der Waals surface area contributed by atoms with Crippen LogP contribution in [-0.2, 0) is 6.54 Å². The zero-order chi connectivity index (χ0) is 8.10. The average Bonchev–Trinajstić information content (AvgIpc) is 2.37. The zero-order valence-corrected chi connectivity index (χ0v) is 7.69. The van der Waals surface area contributed by atoms with E-state index in [1.54, 1.807) is 0 Å². The Hall–Kier alpha value is -0.320. The van der Waals surface area contributed by atoms with E-state index in [9.17, 15) is 0 Å². The van der Waals surface area contributed by atoms with E-state index in [1.165, 1.54) is 0 Å². The summed E-state index contributed by atoms with van der Waals surface area (Å²) in [7, 11) is 0. The SMILES string of the molecule is OCCNCc1cc(Br)c[nH]1. The van der Waals surface area contributed by atoms with E-state index in [0.717, 1.165) is 16.7 Å². The molecular weight excluding hydrogens is 208 g/mol. The monoisotopic (exact) mass is 218 g/mol. The average molecular weight is 219 g/mol. The highest BCUT2D eigenvalue weighted by Gasteiger charge is 1.94. The summed E-state index contributed by atoms with van der Waals surface area (Å²) in [4.78, 5) is 3.07. The first kappa shape index (κ1) is 8.77. The summed E-state index contributed by atoms with van der Waals surface area (Å²) < 4.78 is 1.05. The third kappa shape index (κ3) is 3.05. The van der Waals surface area contributed by atoms with Gasteiger partial charge in [-0.2, -0.15) is 0 Å². The molecule has 1 heterocycles. The summed E-state index contributed by atoms with van der Waals surface area (Å²) in [5, 5.41) is 11.5. The van der Waals surface area contributed by atoms with Crippen LogP contribution in [0, 0.1) is 0 Å². The molecule has 0 bridgehead atoms. The summed E-state index contributed by atoms with van der Waals surface area (Å²) in [5.41, 5.74) is 1.12. The number of hydrogen-bond donors (Lipinski definition) is 3. The first-order valence-corrected chi connectivity index (χ1v) is 4.26. The van der Waals surface area contributed by atoms with E-state index in [2.05, 4.69) is 26.2 Å². The highest BCUT2D eigenvalue weighted by molar-refractivity contribution is 9.10. The second-order valence-electron chi connectivity index (χ2n) is 2.24. The van der Waals surface area contributed by atoms with Gasteiger partial charge in [0.15, 0.2) is 0 Å². The Morgan fingerprint density at radius 2 is 2.45 bits per heavy atom. The van der Waals surface area contributed by atoms with Gasteiger partial charge < -0.3 is 15.4 Å². The maximum Gasteiger partial charge on any atom is 0.0556 e. The second kappa shape index (κ2) is 4.54. The highest BCUT2D eigenvalue weighted by atomic mass is 79.9. The van der Waals surface area contributed by atoms with Crippen LogP contribution in [0.2, 0.25) is 0 Å². The molecule has 0 saturated heterocycles. The van der Waals surface area contributed by atoms with E-state index < -0.39 is 0 Å². The Bertz CT molecular complexity index is 212. The Morgan fingerprint density at radius 1 is 1.64 bits per heavy atom. The van der Waals surface area contributed by atoms with E-state index in [1.807, 2.05) is 12.3 Å². The summed E-state index contributed by atoms with van der Waals surface area (Å²) >= 11 is 3.33. The van der Waals surface area contributed by atoms with Gasteiger partial charge >= 0.3 is 0 Å². The van der Waals surface area contributed by atoms with Gasteiger partial charge in [0.05, 0.1) is 6.61 Å². The van der Waals surface area contributed by atoms with E-state index >= 15 is 0 Å². The molecular formula is C7H11BrN2O. The molecule has 11 heavy (non-hydrogen) atoms. The van der Waals surface area contributed by atoms with Crippen LogP contribution in [0.5, 0.6) is 0 Å². The first-order valence-electron chi connectivity index (χ1n) is 3.47. The van der Waals surface area contributed by atoms with E-state index in [0.29, 0.717) is 6.54 Å². The maximum atomic E-state index is 8.47. The largest absolute Gasteiger partial charge is 0.395 e. The molecule has 0 saturated carbocycles. The molecule has 3 nitrogen and oxygen atoms in total. The molecule has 1 aromatic heterocycles. The third-order valence-corrected chi connectivity index (χ3v) is 1.77. The number of H-pyrrole nitrogens is 1. The van der Waals surface area contributed by atoms with Crippen LogP contribution in [0.1, 0.15) is 5.69 Å². The molecule has 0 atom stereocenters. The van der Waals surface area contributed by atoms with Gasteiger partial charge in [-0.05, 0) is 22.0 Å². The van der Waals surface area contributed by atoms with Crippen molar-refractivity contribution in [1.82, 2.24) is 10.3 Å². The molecule has 0 amide bonds. The number of aliphatic hydroxyl groups is 1. The van der Waals surface area contributed by atoms with Crippen LogP contribution in [0.4, 0.5) is 0 Å². The smallest absolute Gasteiger partial charge is 0.0556 e. The topological polar surface area (TPSA) is 48.0 Å². The Morgan fingerprint density at radius 3 is 3.00 bits per heavy atom. The maximum absolute atomic E-state index is 8.47. The molecule has 0 unspecified atom stereocenters. The van der Waals surface area contributed by atoms with Crippen LogP contribution in [0.3, 0.4) is 0 Å². The lowest BCUT2D eigenvalue weighted by atomic mass is 10.4. The van der Waals surface area contributed by atoms with Crippen molar-refractivity contribution in [2.45, 2.75) is 6.54 Å². The number of hydrogen-bond acceptors (Lipinski definition) is 2. The fraction of sp³-hybridized carbons (Fsp3) is 0.429. The van der Waals surface area contributed by atoms with Crippen molar-refractivity contribution < 1.29 is 5.11 Å². The summed E-state index contributed by atoms with van der Waals surface area (Å²) in [6, 6.07) is 2.00. The minimum absolute atomic E-state index is 0.182.